The molecule has 4 aliphatic rings. The van der Waals surface area contributed by atoms with Gasteiger partial charge in [0.2, 0.25) is 0 Å². The lowest BCUT2D eigenvalue weighted by Crippen LogP contribution is -2.32. The first-order chi connectivity index (χ1) is 52.5. The first-order valence-electron chi connectivity index (χ1n) is 47.2. The van der Waals surface area contributed by atoms with Crippen LogP contribution in [-0.4, -0.2) is 153 Å². The number of aromatic nitrogens is 3. The summed E-state index contributed by atoms with van der Waals surface area (Å²) in [5, 5.41) is 6.30. The normalized spacial score (nSPS) is 17.4. The predicted molar refractivity (Wildman–Crippen MR) is 560 cm³/mol. The number of rotatable bonds is 19. The minimum atomic E-state index is -0.0815. The van der Waals surface area contributed by atoms with E-state index < -0.39 is 0 Å². The predicted octanol–water partition coefficient (Wildman–Crippen LogP) is 37.9. The maximum atomic E-state index is 4.46. The van der Waals surface area contributed by atoms with Crippen molar-refractivity contribution in [2.75, 3.05) is 42.9 Å². The van der Waals surface area contributed by atoms with Gasteiger partial charge in [-0.15, -0.1) is 0 Å². The molecule has 0 aliphatic heterocycles. The molecule has 4 aliphatic carbocycles. The zero-order valence-electron chi connectivity index (χ0n) is 85.6. The molecule has 0 bridgehead atoms. The molecular weight excluding hydrogens is 1570 g/mol. The van der Waals surface area contributed by atoms with Gasteiger partial charge in [-0.3, -0.25) is 15.0 Å². The summed E-state index contributed by atoms with van der Waals surface area (Å²) in [7, 11) is 0.868. The molecule has 3 aromatic heterocycles. The maximum Gasteiger partial charge on any atom is 0.0886 e. The third kappa shape index (κ3) is 43.9. The van der Waals surface area contributed by atoms with E-state index in [1.807, 2.05) is 48.7 Å². The molecule has 3 nitrogen and oxygen atoms in total. The van der Waals surface area contributed by atoms with E-state index in [0.29, 0.717) is 88.0 Å². The Balaban J connectivity index is 0.000000480. The van der Waals surface area contributed by atoms with Crippen molar-refractivity contribution in [3.63, 3.8) is 0 Å². The lowest BCUT2D eigenvalue weighted by molar-refractivity contribution is 0.482. The summed E-state index contributed by atoms with van der Waals surface area (Å²) in [5.41, 5.74) is 7.79. The van der Waals surface area contributed by atoms with Crippen LogP contribution in [0.4, 0.5) is 0 Å². The lowest BCUT2D eigenvalue weighted by atomic mass is 9.99. The smallest absolute Gasteiger partial charge is 0.0886 e. The van der Waals surface area contributed by atoms with E-state index in [4.69, 9.17) is 0 Å². The van der Waals surface area contributed by atoms with Crippen LogP contribution < -0.4 is 0 Å². The highest BCUT2D eigenvalue weighted by atomic mass is 31.2. The molecule has 0 unspecified atom stereocenters. The van der Waals surface area contributed by atoms with Gasteiger partial charge in [-0.25, -0.2) is 0 Å². The Kier molecular flexibility index (Phi) is 48.1. The highest BCUT2D eigenvalue weighted by Gasteiger charge is 2.45. The van der Waals surface area contributed by atoms with Crippen LogP contribution in [-0.2, 0) is 6.16 Å². The zero-order chi connectivity index (χ0) is 89.4. The molecule has 0 amide bonds. The van der Waals surface area contributed by atoms with Crippen LogP contribution in [0.25, 0.3) is 11.4 Å². The van der Waals surface area contributed by atoms with Crippen molar-refractivity contribution in [2.24, 2.45) is 0 Å². The lowest BCUT2D eigenvalue weighted by Gasteiger charge is -2.49. The van der Waals surface area contributed by atoms with Gasteiger partial charge in [0.05, 0.1) is 11.4 Å². The van der Waals surface area contributed by atoms with Crippen LogP contribution in [0.3, 0.4) is 0 Å². The average Bonchev–Trinajstić information content (AvgIpc) is 0.793. The van der Waals surface area contributed by atoms with Crippen molar-refractivity contribution in [3.05, 3.63) is 78.9 Å². The molecule has 4 fully saturated rings. The fourth-order valence-electron chi connectivity index (χ4n) is 20.7. The highest BCUT2D eigenvalue weighted by Crippen LogP contribution is 2.73. The van der Waals surface area contributed by atoms with E-state index >= 15 is 0 Å². The number of nitrogens with zero attached hydrogens (tertiary/aromatic N) is 3. The van der Waals surface area contributed by atoms with Gasteiger partial charge >= 0.3 is 0 Å². The van der Waals surface area contributed by atoms with Crippen LogP contribution >= 0.6 is 71.3 Å². The van der Waals surface area contributed by atoms with Gasteiger partial charge in [-0.05, 0) is 232 Å². The van der Waals surface area contributed by atoms with Crippen molar-refractivity contribution in [3.8, 4) is 11.4 Å². The molecule has 0 N–H and O–H groups in total. The summed E-state index contributed by atoms with van der Waals surface area (Å²) in [4.78, 5) is 12.8. The van der Waals surface area contributed by atoms with E-state index in [1.165, 1.54) is 65.3 Å². The molecule has 0 saturated heterocycles. The zero-order valence-corrected chi connectivity index (χ0v) is 93.7. The molecule has 0 atom stereocenters. The van der Waals surface area contributed by atoms with Crippen LogP contribution in [0.15, 0.2) is 73.2 Å². The first kappa shape index (κ1) is 113. The van der Waals surface area contributed by atoms with Crippen molar-refractivity contribution in [1.82, 2.24) is 15.0 Å². The first-order valence-corrected chi connectivity index (χ1v) is 61.2. The van der Waals surface area contributed by atoms with E-state index in [0.717, 1.165) is 17.5 Å². The second-order valence-corrected chi connectivity index (χ2v) is 83.2. The fourth-order valence-corrected chi connectivity index (χ4v) is 60.9. The molecule has 0 aromatic carbocycles. The van der Waals surface area contributed by atoms with Gasteiger partial charge in [-0.2, -0.15) is 0 Å². The minimum Gasteiger partial charge on any atom is -0.261 e. The second kappa shape index (κ2) is 49.2. The van der Waals surface area contributed by atoms with Gasteiger partial charge < -0.3 is 0 Å². The third-order valence-electron chi connectivity index (χ3n) is 24.4. The van der Waals surface area contributed by atoms with E-state index in [1.54, 1.807) is 153 Å². The van der Waals surface area contributed by atoms with Gasteiger partial charge in [0.25, 0.3) is 0 Å². The Bertz CT molecular complexity index is 2720. The van der Waals surface area contributed by atoms with E-state index in [9.17, 15) is 0 Å². The van der Waals surface area contributed by atoms with Crippen molar-refractivity contribution in [2.45, 2.75) is 527 Å². The van der Waals surface area contributed by atoms with Gasteiger partial charge in [0, 0.05) is 30.4 Å². The minimum absolute atomic E-state index is 0.0181. The summed E-state index contributed by atoms with van der Waals surface area (Å²) in [6.45, 7) is 102. The number of pyridine rings is 3. The number of hydrogen-bond acceptors (Lipinski definition) is 3. The maximum absolute atomic E-state index is 4.46. The van der Waals surface area contributed by atoms with Crippen LogP contribution in [0.2, 0.25) is 0 Å². The Morgan fingerprint density at radius 3 is 0.621 bits per heavy atom. The standard InChI is InChI=1S/C26H48P2.C19H42P2.C18H40P2.C17H38P2.C14H24NP.C10H8N2/c1-5-13-23(14-6-1)27(24-15-7-2-8-16-24)21-22-28(25-17-9-3-10-18-25)26-19-11-4-12-20-26;1-16(2,3)20(17(4,5)6)14-13-15-21(18(7,8)9)19(10,11)12;1-15(2,3)19(16(4,5)6)13-14-20(17(7,8)9)18(10,11)12;1-14(2,3)18(15(4,5)6)13-19(16(7,8)9)17(10,11)12;1-13(2,3)16(14(4,5)6)11-12-9-7-8-10-15-12;1-3-7-11-9(5-1)10-6-2-4-8-12-10/h23-26H,1-22H2;13-15H2,1-12H3;13-14H2,1-12H3;13H2,1-12H3;7-10H,11H2,1-6H3;1-8H. The van der Waals surface area contributed by atoms with Gasteiger partial charge in [-0.1, -0.05) is 457 Å². The van der Waals surface area contributed by atoms with Gasteiger partial charge in [0.1, 0.15) is 0 Å². The molecule has 0 spiro atoms. The molecule has 116 heavy (non-hydrogen) atoms. The largest absolute Gasteiger partial charge is 0.261 e. The summed E-state index contributed by atoms with van der Waals surface area (Å²) >= 11 is 0. The third-order valence-corrected chi connectivity index (χ3v) is 60.8. The Morgan fingerprint density at radius 1 is 0.224 bits per heavy atom. The Hall–Kier alpha value is 1.32. The molecular formula is C104H200N3P9. The quantitative estimate of drug-likeness (QED) is 0.112. The average molecular weight is 1770 g/mol. The van der Waals surface area contributed by atoms with E-state index in [-0.39, 0.29) is 55.5 Å². The van der Waals surface area contributed by atoms with Crippen molar-refractivity contribution in [1.29, 1.82) is 0 Å². The summed E-state index contributed by atoms with van der Waals surface area (Å²) in [6, 6.07) is 17.8. The highest BCUT2D eigenvalue weighted by molar-refractivity contribution is 7.77. The van der Waals surface area contributed by atoms with Gasteiger partial charge in [0.15, 0.2) is 0 Å². The van der Waals surface area contributed by atoms with Crippen molar-refractivity contribution >= 4 is 71.3 Å². The molecule has 12 heteroatoms. The molecule has 3 heterocycles. The summed E-state index contributed by atoms with van der Waals surface area (Å²) < 4.78 is 0. The fraction of sp³-hybridized carbons (Fsp3) is 0.856. The number of hydrogen-bond donors (Lipinski definition) is 0. The Labute approximate surface area is 740 Å². The Morgan fingerprint density at radius 2 is 0.431 bits per heavy atom. The monoisotopic (exact) mass is 1770 g/mol. The summed E-state index contributed by atoms with van der Waals surface area (Å²) in [5.74, 6) is 1.45. The molecule has 4 saturated carbocycles. The summed E-state index contributed by atoms with van der Waals surface area (Å²) in [6.07, 6.45) is 48.8. The second-order valence-electron chi connectivity index (χ2n) is 49.3. The van der Waals surface area contributed by atoms with Crippen molar-refractivity contribution < 1.29 is 0 Å². The van der Waals surface area contributed by atoms with Crippen LogP contribution in [0, 0.1) is 0 Å². The van der Waals surface area contributed by atoms with Crippen LogP contribution in [0.5, 0.6) is 0 Å². The topological polar surface area (TPSA) is 38.7 Å². The SMILES string of the molecule is C1CCC(P(CCP(C2CCCCC2)C2CCCCC2)C2CCCCC2)CC1.CC(C)(C)P(CCCP(C(C)(C)C)C(C)(C)C)C(C)(C)C.CC(C)(C)P(CCP(C(C)(C)C)C(C)(C)C)C(C)(C)C.CC(C)(C)P(CP(C(C)(C)C)C(C)(C)C)C(C)(C)C.CC(C)(C)P(Cc1ccccn1)C(C)(C)C.c1ccc(-c2ccccn2)nc1. The molecule has 0 radical (unpaired) electrons. The molecule has 676 valence electrons. The van der Waals surface area contributed by atoms with E-state index in [2.05, 4.69) is 318 Å². The molecule has 7 rings (SSSR count). The molecule has 3 aromatic rings. The van der Waals surface area contributed by atoms with Crippen LogP contribution in [0.1, 0.15) is 431 Å².